The van der Waals surface area contributed by atoms with Gasteiger partial charge in [0.25, 0.3) is 15.9 Å². The molecule has 1 aliphatic heterocycles. The number of sulfonamides is 1. The zero-order chi connectivity index (χ0) is 22.7. The van der Waals surface area contributed by atoms with Gasteiger partial charge in [0.2, 0.25) is 0 Å². The van der Waals surface area contributed by atoms with Gasteiger partial charge in [-0.1, -0.05) is 12.1 Å². The van der Waals surface area contributed by atoms with Crippen LogP contribution < -0.4 is 14.8 Å². The van der Waals surface area contributed by atoms with Crippen LogP contribution in [-0.4, -0.2) is 27.2 Å². The summed E-state index contributed by atoms with van der Waals surface area (Å²) in [6.07, 6.45) is 0.683. The van der Waals surface area contributed by atoms with Gasteiger partial charge in [-0.15, -0.1) is 11.8 Å². The second-order valence-electron chi connectivity index (χ2n) is 7.18. The fourth-order valence-corrected chi connectivity index (χ4v) is 5.65. The largest absolute Gasteiger partial charge is 0.495 e. The van der Waals surface area contributed by atoms with Crippen molar-refractivity contribution in [1.82, 2.24) is 5.32 Å². The highest BCUT2D eigenvalue weighted by molar-refractivity contribution is 7.99. The SMILES string of the molecule is COc1ccccc1NS(=O)(=O)c1ccc(C(=O)NC2CCSc3ccc(F)cc32)cc1. The topological polar surface area (TPSA) is 84.5 Å². The predicted molar refractivity (Wildman–Crippen MR) is 122 cm³/mol. The molecule has 4 rings (SSSR count). The van der Waals surface area contributed by atoms with Crippen LogP contribution >= 0.6 is 11.8 Å². The van der Waals surface area contributed by atoms with E-state index in [0.29, 0.717) is 23.4 Å². The predicted octanol–water partition coefficient (Wildman–Crippen LogP) is 4.60. The van der Waals surface area contributed by atoms with E-state index in [9.17, 15) is 17.6 Å². The first-order valence-electron chi connectivity index (χ1n) is 9.86. The van der Waals surface area contributed by atoms with E-state index < -0.39 is 10.0 Å². The number of fused-ring (bicyclic) bond motifs is 1. The van der Waals surface area contributed by atoms with Crippen LogP contribution in [0.5, 0.6) is 5.75 Å². The number of carbonyl (C=O) groups excluding carboxylic acids is 1. The molecule has 0 bridgehead atoms. The third-order valence-electron chi connectivity index (χ3n) is 5.09. The van der Waals surface area contributed by atoms with Crippen LogP contribution in [0.25, 0.3) is 0 Å². The van der Waals surface area contributed by atoms with Gasteiger partial charge in [0.05, 0.1) is 23.7 Å². The third-order valence-corrected chi connectivity index (χ3v) is 7.60. The minimum atomic E-state index is -3.87. The second kappa shape index (κ2) is 9.22. The van der Waals surface area contributed by atoms with Gasteiger partial charge in [0.1, 0.15) is 11.6 Å². The molecule has 3 aromatic rings. The van der Waals surface area contributed by atoms with Crippen molar-refractivity contribution in [2.45, 2.75) is 22.3 Å². The number of amides is 1. The van der Waals surface area contributed by atoms with E-state index in [1.54, 1.807) is 42.1 Å². The van der Waals surface area contributed by atoms with Crippen LogP contribution in [0.2, 0.25) is 0 Å². The molecule has 0 aliphatic carbocycles. The summed E-state index contributed by atoms with van der Waals surface area (Å²) in [4.78, 5) is 13.7. The Morgan fingerprint density at radius 1 is 1.09 bits per heavy atom. The van der Waals surface area contributed by atoms with E-state index in [-0.39, 0.29) is 22.7 Å². The summed E-state index contributed by atoms with van der Waals surface area (Å²) in [6.45, 7) is 0. The van der Waals surface area contributed by atoms with Crippen molar-refractivity contribution in [2.75, 3.05) is 17.6 Å². The van der Waals surface area contributed by atoms with E-state index in [2.05, 4.69) is 10.0 Å². The lowest BCUT2D eigenvalue weighted by Gasteiger charge is -2.26. The van der Waals surface area contributed by atoms with Crippen molar-refractivity contribution in [2.24, 2.45) is 0 Å². The summed E-state index contributed by atoms with van der Waals surface area (Å²) < 4.78 is 46.8. The van der Waals surface area contributed by atoms with E-state index in [4.69, 9.17) is 4.74 Å². The van der Waals surface area contributed by atoms with Gasteiger partial charge in [-0.3, -0.25) is 9.52 Å². The number of halogens is 1. The van der Waals surface area contributed by atoms with Crippen LogP contribution in [0.15, 0.2) is 76.5 Å². The molecule has 3 aromatic carbocycles. The number of para-hydroxylation sites is 2. The Bertz CT molecular complexity index is 1250. The van der Waals surface area contributed by atoms with Crippen molar-refractivity contribution in [3.8, 4) is 5.75 Å². The molecule has 32 heavy (non-hydrogen) atoms. The van der Waals surface area contributed by atoms with Crippen LogP contribution in [0.3, 0.4) is 0 Å². The standard InChI is InChI=1S/C23H21FN2O4S2/c1-30-21-5-3-2-4-20(21)26-32(28,29)17-9-6-15(7-10-17)23(27)25-19-12-13-31-22-11-8-16(24)14-18(19)22/h2-11,14,19,26H,12-13H2,1H3,(H,25,27). The van der Waals surface area contributed by atoms with E-state index in [1.165, 1.54) is 43.5 Å². The lowest BCUT2D eigenvalue weighted by Crippen LogP contribution is -2.30. The number of carbonyl (C=O) groups is 1. The molecule has 0 radical (unpaired) electrons. The third kappa shape index (κ3) is 4.73. The number of ether oxygens (including phenoxy) is 1. The van der Waals surface area contributed by atoms with Gasteiger partial charge in [0.15, 0.2) is 0 Å². The molecular formula is C23H21FN2O4S2. The minimum Gasteiger partial charge on any atom is -0.495 e. The molecule has 0 aromatic heterocycles. The number of methoxy groups -OCH3 is 1. The number of hydrogen-bond donors (Lipinski definition) is 2. The molecule has 166 valence electrons. The van der Waals surface area contributed by atoms with E-state index >= 15 is 0 Å². The highest BCUT2D eigenvalue weighted by Gasteiger charge is 2.24. The maximum absolute atomic E-state index is 13.7. The summed E-state index contributed by atoms with van der Waals surface area (Å²) in [5, 5.41) is 2.93. The summed E-state index contributed by atoms with van der Waals surface area (Å²) in [6, 6.07) is 16.6. The monoisotopic (exact) mass is 472 g/mol. The molecule has 1 amide bonds. The lowest BCUT2D eigenvalue weighted by molar-refractivity contribution is 0.0934. The van der Waals surface area contributed by atoms with Crippen LogP contribution in [-0.2, 0) is 10.0 Å². The first-order chi connectivity index (χ1) is 15.4. The molecule has 9 heteroatoms. The van der Waals surface area contributed by atoms with Crippen molar-refractivity contribution in [3.05, 3.63) is 83.7 Å². The van der Waals surface area contributed by atoms with Crippen LogP contribution in [0, 0.1) is 5.82 Å². The molecule has 0 spiro atoms. The van der Waals surface area contributed by atoms with Crippen molar-refractivity contribution in [3.63, 3.8) is 0 Å². The van der Waals surface area contributed by atoms with E-state index in [0.717, 1.165) is 16.2 Å². The molecule has 6 nitrogen and oxygen atoms in total. The number of benzene rings is 3. The van der Waals surface area contributed by atoms with Gasteiger partial charge in [-0.25, -0.2) is 12.8 Å². The molecular weight excluding hydrogens is 451 g/mol. The maximum Gasteiger partial charge on any atom is 0.262 e. The number of hydrogen-bond acceptors (Lipinski definition) is 5. The summed E-state index contributed by atoms with van der Waals surface area (Å²) in [5.41, 5.74) is 1.39. The zero-order valence-electron chi connectivity index (χ0n) is 17.2. The Kier molecular flexibility index (Phi) is 6.38. The Labute approximate surface area is 190 Å². The van der Waals surface area contributed by atoms with Crippen molar-refractivity contribution >= 4 is 33.4 Å². The quantitative estimate of drug-likeness (QED) is 0.548. The molecule has 1 atom stereocenters. The first kappa shape index (κ1) is 22.2. The van der Waals surface area contributed by atoms with E-state index in [1.807, 2.05) is 0 Å². The Hall–Kier alpha value is -3.04. The van der Waals surface area contributed by atoms with Crippen LogP contribution in [0.1, 0.15) is 28.4 Å². The molecule has 0 saturated carbocycles. The minimum absolute atomic E-state index is 0.0152. The van der Waals surface area contributed by atoms with Crippen molar-refractivity contribution in [1.29, 1.82) is 0 Å². The Morgan fingerprint density at radius 2 is 1.84 bits per heavy atom. The normalized spacial score (nSPS) is 15.5. The first-order valence-corrected chi connectivity index (χ1v) is 12.3. The summed E-state index contributed by atoms with van der Waals surface area (Å²) in [5.74, 6) is 0.519. The smallest absolute Gasteiger partial charge is 0.262 e. The Balaban J connectivity index is 1.49. The number of thioether (sulfide) groups is 1. The fourth-order valence-electron chi connectivity index (χ4n) is 3.47. The summed E-state index contributed by atoms with van der Waals surface area (Å²) >= 11 is 1.63. The highest BCUT2D eigenvalue weighted by Crippen LogP contribution is 2.36. The maximum atomic E-state index is 13.7. The molecule has 1 heterocycles. The van der Waals surface area contributed by atoms with Gasteiger partial charge in [0, 0.05) is 16.2 Å². The lowest BCUT2D eigenvalue weighted by atomic mass is 10.0. The summed E-state index contributed by atoms with van der Waals surface area (Å²) in [7, 11) is -2.41. The second-order valence-corrected chi connectivity index (χ2v) is 9.99. The van der Waals surface area contributed by atoms with Crippen molar-refractivity contribution < 1.29 is 22.3 Å². The molecule has 1 aliphatic rings. The number of anilines is 1. The fraction of sp³-hybridized carbons (Fsp3) is 0.174. The Morgan fingerprint density at radius 3 is 2.59 bits per heavy atom. The average molecular weight is 473 g/mol. The highest BCUT2D eigenvalue weighted by atomic mass is 32.2. The number of rotatable bonds is 6. The molecule has 0 saturated heterocycles. The van der Waals surface area contributed by atoms with Crippen LogP contribution in [0.4, 0.5) is 10.1 Å². The zero-order valence-corrected chi connectivity index (χ0v) is 18.8. The van der Waals surface area contributed by atoms with Gasteiger partial charge in [-0.2, -0.15) is 0 Å². The number of nitrogens with one attached hydrogen (secondary N) is 2. The molecule has 1 unspecified atom stereocenters. The van der Waals surface area contributed by atoms with Gasteiger partial charge < -0.3 is 10.1 Å². The average Bonchev–Trinajstić information content (AvgIpc) is 2.79. The molecule has 0 fully saturated rings. The van der Waals surface area contributed by atoms with Gasteiger partial charge >= 0.3 is 0 Å². The van der Waals surface area contributed by atoms with Gasteiger partial charge in [-0.05, 0) is 66.6 Å². The molecule has 2 N–H and O–H groups in total.